The van der Waals surface area contributed by atoms with E-state index in [-0.39, 0.29) is 5.91 Å². The number of carbonyl (C=O) groups is 2. The van der Waals surface area contributed by atoms with Gasteiger partial charge in [0.05, 0.1) is 6.54 Å². The molecule has 0 radical (unpaired) electrons. The summed E-state index contributed by atoms with van der Waals surface area (Å²) < 4.78 is 5.56. The molecule has 2 rings (SSSR count). The lowest BCUT2D eigenvalue weighted by molar-refractivity contribution is 0.0947. The van der Waals surface area contributed by atoms with E-state index in [4.69, 9.17) is 10.5 Å². The fourth-order valence-electron chi connectivity index (χ4n) is 2.02. The maximum Gasteiger partial charge on any atom is 0.316 e. The van der Waals surface area contributed by atoms with Crippen LogP contribution in [0.5, 0.6) is 5.75 Å². The van der Waals surface area contributed by atoms with Crippen LogP contribution in [-0.2, 0) is 0 Å². The van der Waals surface area contributed by atoms with Gasteiger partial charge in [-0.3, -0.25) is 4.79 Å². The molecule has 2 aromatic carbocycles. The van der Waals surface area contributed by atoms with E-state index in [1.54, 1.807) is 24.3 Å². The lowest BCUT2D eigenvalue weighted by atomic mass is 10.2. The number of aryl methyl sites for hydroxylation is 1. The first kappa shape index (κ1) is 16.4. The average Bonchev–Trinajstić information content (AvgIpc) is 2.51. The Bertz CT molecular complexity index is 701. The molecule has 120 valence electrons. The summed E-state index contributed by atoms with van der Waals surface area (Å²) >= 11 is 0. The summed E-state index contributed by atoms with van der Waals surface area (Å²) in [5.74, 6) is 0.526. The molecule has 4 N–H and O–H groups in total. The van der Waals surface area contributed by atoms with Crippen molar-refractivity contribution in [3.63, 3.8) is 0 Å². The molecule has 0 saturated carbocycles. The van der Waals surface area contributed by atoms with Gasteiger partial charge in [0.25, 0.3) is 5.91 Å². The van der Waals surface area contributed by atoms with Crippen molar-refractivity contribution in [2.24, 2.45) is 5.73 Å². The van der Waals surface area contributed by atoms with E-state index in [0.29, 0.717) is 24.4 Å². The Hall–Kier alpha value is -3.02. The predicted molar refractivity (Wildman–Crippen MR) is 88.7 cm³/mol. The van der Waals surface area contributed by atoms with Gasteiger partial charge in [0.15, 0.2) is 0 Å². The van der Waals surface area contributed by atoms with Gasteiger partial charge in [-0.1, -0.05) is 18.2 Å². The van der Waals surface area contributed by atoms with Crippen molar-refractivity contribution in [3.05, 3.63) is 59.7 Å². The van der Waals surface area contributed by atoms with Crippen LogP contribution in [0.2, 0.25) is 0 Å². The Morgan fingerprint density at radius 1 is 1.13 bits per heavy atom. The summed E-state index contributed by atoms with van der Waals surface area (Å²) in [5.41, 5.74) is 7.07. The molecule has 0 unspecified atom stereocenters. The van der Waals surface area contributed by atoms with E-state index in [1.807, 2.05) is 31.2 Å². The highest BCUT2D eigenvalue weighted by Gasteiger charge is 2.06. The van der Waals surface area contributed by atoms with Crippen molar-refractivity contribution in [1.82, 2.24) is 5.32 Å². The summed E-state index contributed by atoms with van der Waals surface area (Å²) in [6.45, 7) is 2.73. The first-order valence-corrected chi connectivity index (χ1v) is 7.19. The monoisotopic (exact) mass is 313 g/mol. The van der Waals surface area contributed by atoms with Crippen LogP contribution >= 0.6 is 0 Å². The fraction of sp³-hybridized carbons (Fsp3) is 0.176. The van der Waals surface area contributed by atoms with E-state index in [9.17, 15) is 9.59 Å². The number of anilines is 1. The fourth-order valence-corrected chi connectivity index (χ4v) is 2.02. The quantitative estimate of drug-likeness (QED) is 0.714. The number of hydrogen-bond donors (Lipinski definition) is 3. The molecule has 0 atom stereocenters. The maximum absolute atomic E-state index is 12.0. The maximum atomic E-state index is 12.0. The molecule has 0 fully saturated rings. The molecule has 0 aromatic heterocycles. The number of carbonyl (C=O) groups excluding carboxylic acids is 2. The van der Waals surface area contributed by atoms with E-state index in [2.05, 4.69) is 10.6 Å². The van der Waals surface area contributed by atoms with Crippen molar-refractivity contribution in [2.75, 3.05) is 18.5 Å². The van der Waals surface area contributed by atoms with E-state index < -0.39 is 6.03 Å². The van der Waals surface area contributed by atoms with Crippen LogP contribution in [0.25, 0.3) is 0 Å². The second kappa shape index (κ2) is 7.84. The first-order valence-electron chi connectivity index (χ1n) is 7.19. The second-order valence-corrected chi connectivity index (χ2v) is 4.99. The smallest absolute Gasteiger partial charge is 0.316 e. The molecule has 0 aliphatic rings. The first-order chi connectivity index (χ1) is 11.0. The van der Waals surface area contributed by atoms with Gasteiger partial charge in [-0.15, -0.1) is 0 Å². The van der Waals surface area contributed by atoms with Crippen molar-refractivity contribution in [1.29, 1.82) is 0 Å². The molecule has 23 heavy (non-hydrogen) atoms. The van der Waals surface area contributed by atoms with Crippen molar-refractivity contribution in [2.45, 2.75) is 6.92 Å². The molecule has 6 nitrogen and oxygen atoms in total. The molecular weight excluding hydrogens is 294 g/mol. The molecule has 0 spiro atoms. The van der Waals surface area contributed by atoms with Crippen molar-refractivity contribution >= 4 is 17.6 Å². The van der Waals surface area contributed by atoms with Crippen LogP contribution in [0.15, 0.2) is 48.5 Å². The number of nitrogens with two attached hydrogens (primary N) is 1. The van der Waals surface area contributed by atoms with Crippen LogP contribution in [0.4, 0.5) is 10.5 Å². The molecule has 3 amide bonds. The summed E-state index contributed by atoms with van der Waals surface area (Å²) in [6, 6.07) is 13.6. The number of benzene rings is 2. The van der Waals surface area contributed by atoms with Gasteiger partial charge in [0.2, 0.25) is 0 Å². The minimum Gasteiger partial charge on any atom is -0.492 e. The van der Waals surface area contributed by atoms with Gasteiger partial charge < -0.3 is 21.1 Å². The largest absolute Gasteiger partial charge is 0.492 e. The third kappa shape index (κ3) is 5.35. The number of hydrogen-bond acceptors (Lipinski definition) is 3. The number of amides is 3. The van der Waals surface area contributed by atoms with Gasteiger partial charge in [-0.05, 0) is 42.8 Å². The van der Waals surface area contributed by atoms with Crippen LogP contribution in [0.3, 0.4) is 0 Å². The predicted octanol–water partition coefficient (Wildman–Crippen LogP) is 2.29. The highest BCUT2D eigenvalue weighted by molar-refractivity contribution is 5.96. The average molecular weight is 313 g/mol. The summed E-state index contributed by atoms with van der Waals surface area (Å²) in [7, 11) is 0. The molecule has 0 aliphatic carbocycles. The number of primary amides is 1. The highest BCUT2D eigenvalue weighted by Crippen LogP contribution is 2.12. The topological polar surface area (TPSA) is 93.4 Å². The number of urea groups is 1. The zero-order valence-electron chi connectivity index (χ0n) is 12.8. The van der Waals surface area contributed by atoms with Crippen LogP contribution in [0.1, 0.15) is 15.9 Å². The van der Waals surface area contributed by atoms with Crippen LogP contribution < -0.4 is 21.1 Å². The van der Waals surface area contributed by atoms with Gasteiger partial charge >= 0.3 is 6.03 Å². The summed E-state index contributed by atoms with van der Waals surface area (Å²) in [5, 5.41) is 5.18. The Kier molecular flexibility index (Phi) is 5.57. The lowest BCUT2D eigenvalue weighted by Gasteiger charge is -2.09. The van der Waals surface area contributed by atoms with Gasteiger partial charge in [-0.25, -0.2) is 4.79 Å². The zero-order chi connectivity index (χ0) is 16.7. The molecule has 0 heterocycles. The Labute approximate surface area is 134 Å². The molecule has 0 saturated heterocycles. The SMILES string of the molecule is Cc1cccc(OCCNC(=O)c2cccc(NC(N)=O)c2)c1. The van der Waals surface area contributed by atoms with Gasteiger partial charge in [0, 0.05) is 11.3 Å². The molecule has 2 aromatic rings. The van der Waals surface area contributed by atoms with Crippen LogP contribution in [0, 0.1) is 6.92 Å². The van der Waals surface area contributed by atoms with Crippen molar-refractivity contribution in [3.8, 4) is 5.75 Å². The Morgan fingerprint density at radius 3 is 2.65 bits per heavy atom. The Balaban J connectivity index is 1.81. The summed E-state index contributed by atoms with van der Waals surface area (Å²) in [6.07, 6.45) is 0. The minimum absolute atomic E-state index is 0.244. The lowest BCUT2D eigenvalue weighted by Crippen LogP contribution is -2.28. The highest BCUT2D eigenvalue weighted by atomic mass is 16.5. The molecular formula is C17H19N3O3. The molecule has 6 heteroatoms. The number of nitrogens with one attached hydrogen (secondary N) is 2. The third-order valence-corrected chi connectivity index (χ3v) is 3.04. The van der Waals surface area contributed by atoms with E-state index >= 15 is 0 Å². The third-order valence-electron chi connectivity index (χ3n) is 3.04. The standard InChI is InChI=1S/C17H19N3O3/c1-12-4-2-7-15(10-12)23-9-8-19-16(21)13-5-3-6-14(11-13)20-17(18)22/h2-7,10-11H,8-9H2,1H3,(H,19,21)(H3,18,20,22). The van der Waals surface area contributed by atoms with Gasteiger partial charge in [0.1, 0.15) is 12.4 Å². The molecule has 0 aliphatic heterocycles. The zero-order valence-corrected chi connectivity index (χ0v) is 12.8. The molecule has 0 bridgehead atoms. The normalized spacial score (nSPS) is 9.96. The van der Waals surface area contributed by atoms with Crippen LogP contribution in [-0.4, -0.2) is 25.1 Å². The second-order valence-electron chi connectivity index (χ2n) is 4.99. The minimum atomic E-state index is -0.672. The van der Waals surface area contributed by atoms with E-state index in [0.717, 1.165) is 11.3 Å². The Morgan fingerprint density at radius 2 is 1.91 bits per heavy atom. The number of rotatable bonds is 6. The number of ether oxygens (including phenoxy) is 1. The van der Waals surface area contributed by atoms with Crippen molar-refractivity contribution < 1.29 is 14.3 Å². The summed E-state index contributed by atoms with van der Waals surface area (Å²) in [4.78, 5) is 22.9. The van der Waals surface area contributed by atoms with E-state index in [1.165, 1.54) is 0 Å². The van der Waals surface area contributed by atoms with Gasteiger partial charge in [-0.2, -0.15) is 0 Å².